The first-order valence-electron chi connectivity index (χ1n) is 8.26. The van der Waals surface area contributed by atoms with Gasteiger partial charge in [0.25, 0.3) is 0 Å². The molecule has 0 spiro atoms. The molecule has 9 heteroatoms. The van der Waals surface area contributed by atoms with Gasteiger partial charge in [0.2, 0.25) is 18.2 Å². The van der Waals surface area contributed by atoms with E-state index in [9.17, 15) is 27.6 Å². The van der Waals surface area contributed by atoms with E-state index in [0.29, 0.717) is 32.6 Å². The second-order valence-corrected chi connectivity index (χ2v) is 6.48. The summed E-state index contributed by atoms with van der Waals surface area (Å²) in [5.74, 6) is -1.33. The van der Waals surface area contributed by atoms with E-state index in [1.165, 1.54) is 12.1 Å². The summed E-state index contributed by atoms with van der Waals surface area (Å²) >= 11 is 0. The number of hydrogen-bond acceptors (Lipinski definition) is 3. The molecule has 1 aromatic carbocycles. The summed E-state index contributed by atoms with van der Waals surface area (Å²) in [6.07, 6.45) is -3.25. The predicted octanol–water partition coefficient (Wildman–Crippen LogP) is 1.58. The summed E-state index contributed by atoms with van der Waals surface area (Å²) < 4.78 is 37.6. The second kappa shape index (κ2) is 6.97. The first kappa shape index (κ1) is 18.2. The summed E-state index contributed by atoms with van der Waals surface area (Å²) in [6, 6.07) is 4.19. The molecule has 3 rings (SSSR count). The van der Waals surface area contributed by atoms with Crippen LogP contribution in [0.15, 0.2) is 24.3 Å². The van der Waals surface area contributed by atoms with E-state index in [1.807, 2.05) is 0 Å². The SMILES string of the molecule is O=CN1CCN(C(=O)C2CC2C(=O)Nc2ccc(C(F)(F)F)cc2)CC1. The van der Waals surface area contributed by atoms with Gasteiger partial charge in [0.05, 0.1) is 17.4 Å². The van der Waals surface area contributed by atoms with Crippen LogP contribution in [0.25, 0.3) is 0 Å². The van der Waals surface area contributed by atoms with Crippen molar-refractivity contribution in [3.8, 4) is 0 Å². The van der Waals surface area contributed by atoms with Crippen LogP contribution >= 0.6 is 0 Å². The Balaban J connectivity index is 1.51. The van der Waals surface area contributed by atoms with Crippen LogP contribution in [0.3, 0.4) is 0 Å². The number of alkyl halides is 3. The molecule has 2 atom stereocenters. The number of rotatable bonds is 4. The predicted molar refractivity (Wildman–Crippen MR) is 85.9 cm³/mol. The number of piperazine rings is 1. The molecule has 0 radical (unpaired) electrons. The minimum absolute atomic E-state index is 0.108. The molecular formula is C17H18F3N3O3. The lowest BCUT2D eigenvalue weighted by Crippen LogP contribution is -2.48. The van der Waals surface area contributed by atoms with E-state index in [4.69, 9.17) is 0 Å². The van der Waals surface area contributed by atoms with Gasteiger partial charge in [0.1, 0.15) is 0 Å². The molecular weight excluding hydrogens is 351 g/mol. The number of benzene rings is 1. The molecule has 1 aromatic rings. The van der Waals surface area contributed by atoms with Gasteiger partial charge in [-0.25, -0.2) is 0 Å². The molecule has 2 aliphatic rings. The van der Waals surface area contributed by atoms with Crippen LogP contribution in [0.2, 0.25) is 0 Å². The van der Waals surface area contributed by atoms with Gasteiger partial charge < -0.3 is 15.1 Å². The third-order valence-electron chi connectivity index (χ3n) is 4.70. The van der Waals surface area contributed by atoms with E-state index >= 15 is 0 Å². The highest BCUT2D eigenvalue weighted by Gasteiger charge is 2.49. The molecule has 3 amide bonds. The van der Waals surface area contributed by atoms with Crippen molar-refractivity contribution >= 4 is 23.9 Å². The number of anilines is 1. The summed E-state index contributed by atoms with van der Waals surface area (Å²) in [4.78, 5) is 38.5. The van der Waals surface area contributed by atoms with Gasteiger partial charge >= 0.3 is 6.18 Å². The van der Waals surface area contributed by atoms with Crippen LogP contribution in [0.1, 0.15) is 12.0 Å². The van der Waals surface area contributed by atoms with Crippen molar-refractivity contribution < 1.29 is 27.6 Å². The van der Waals surface area contributed by atoms with Crippen LogP contribution in [-0.2, 0) is 20.6 Å². The molecule has 0 bridgehead atoms. The molecule has 140 valence electrons. The summed E-state index contributed by atoms with van der Waals surface area (Å²) in [6.45, 7) is 1.84. The molecule has 6 nitrogen and oxygen atoms in total. The minimum atomic E-state index is -4.43. The van der Waals surface area contributed by atoms with Gasteiger partial charge in [-0.2, -0.15) is 13.2 Å². The fourth-order valence-electron chi connectivity index (χ4n) is 3.02. The van der Waals surface area contributed by atoms with Gasteiger partial charge in [-0.1, -0.05) is 0 Å². The zero-order chi connectivity index (χ0) is 18.9. The molecule has 1 aliphatic carbocycles. The molecule has 26 heavy (non-hydrogen) atoms. The highest BCUT2D eigenvalue weighted by molar-refractivity contribution is 5.99. The Hall–Kier alpha value is -2.58. The highest BCUT2D eigenvalue weighted by Crippen LogP contribution is 2.41. The Bertz CT molecular complexity index is 697. The maximum absolute atomic E-state index is 12.5. The number of carbonyl (C=O) groups is 3. The van der Waals surface area contributed by atoms with E-state index < -0.39 is 23.6 Å². The highest BCUT2D eigenvalue weighted by atomic mass is 19.4. The maximum Gasteiger partial charge on any atom is 0.416 e. The van der Waals surface area contributed by atoms with Gasteiger partial charge in [-0.3, -0.25) is 14.4 Å². The molecule has 1 N–H and O–H groups in total. The number of hydrogen-bond donors (Lipinski definition) is 1. The van der Waals surface area contributed by atoms with Crippen molar-refractivity contribution in [1.29, 1.82) is 0 Å². The van der Waals surface area contributed by atoms with Crippen LogP contribution in [0.4, 0.5) is 18.9 Å². The van der Waals surface area contributed by atoms with E-state index in [0.717, 1.165) is 18.5 Å². The van der Waals surface area contributed by atoms with Crippen LogP contribution in [-0.4, -0.2) is 54.2 Å². The summed E-state index contributed by atoms with van der Waals surface area (Å²) in [5.41, 5.74) is -0.523. The quantitative estimate of drug-likeness (QED) is 0.820. The number of carbonyl (C=O) groups excluding carboxylic acids is 3. The van der Waals surface area contributed by atoms with Crippen molar-refractivity contribution in [3.05, 3.63) is 29.8 Å². The third kappa shape index (κ3) is 3.97. The standard InChI is InChI=1S/C17H18F3N3O3/c18-17(19,20)11-1-3-12(4-2-11)21-15(25)13-9-14(13)16(26)23-7-5-22(10-24)6-8-23/h1-4,10,13-14H,5-9H2,(H,21,25). The van der Waals surface area contributed by atoms with Crippen molar-refractivity contribution in [2.24, 2.45) is 11.8 Å². The van der Waals surface area contributed by atoms with E-state index in [-0.39, 0.29) is 17.5 Å². The van der Waals surface area contributed by atoms with Crippen molar-refractivity contribution in [2.45, 2.75) is 12.6 Å². The van der Waals surface area contributed by atoms with Gasteiger partial charge in [0, 0.05) is 31.9 Å². The molecule has 2 unspecified atom stereocenters. The minimum Gasteiger partial charge on any atom is -0.342 e. The average Bonchev–Trinajstić information content (AvgIpc) is 3.42. The van der Waals surface area contributed by atoms with E-state index in [1.54, 1.807) is 9.80 Å². The lowest BCUT2D eigenvalue weighted by atomic mass is 10.2. The van der Waals surface area contributed by atoms with E-state index in [2.05, 4.69) is 5.32 Å². The second-order valence-electron chi connectivity index (χ2n) is 6.48. The van der Waals surface area contributed by atoms with Crippen LogP contribution < -0.4 is 5.32 Å². The van der Waals surface area contributed by atoms with Crippen molar-refractivity contribution in [3.63, 3.8) is 0 Å². The molecule has 1 heterocycles. The van der Waals surface area contributed by atoms with Crippen LogP contribution in [0.5, 0.6) is 0 Å². The lowest BCUT2D eigenvalue weighted by Gasteiger charge is -2.32. The van der Waals surface area contributed by atoms with Gasteiger partial charge in [-0.05, 0) is 30.7 Å². The number of nitrogens with zero attached hydrogens (tertiary/aromatic N) is 2. The Morgan fingerprint density at radius 1 is 1.04 bits per heavy atom. The summed E-state index contributed by atoms with van der Waals surface area (Å²) in [5, 5.41) is 2.55. The topological polar surface area (TPSA) is 69.7 Å². The summed E-state index contributed by atoms with van der Waals surface area (Å²) in [7, 11) is 0. The number of nitrogens with one attached hydrogen (secondary N) is 1. The Labute approximate surface area is 147 Å². The molecule has 2 fully saturated rings. The largest absolute Gasteiger partial charge is 0.416 e. The van der Waals surface area contributed by atoms with Crippen molar-refractivity contribution in [1.82, 2.24) is 9.80 Å². The Morgan fingerprint density at radius 2 is 1.65 bits per heavy atom. The molecule has 1 saturated heterocycles. The fourth-order valence-corrected chi connectivity index (χ4v) is 3.02. The first-order chi connectivity index (χ1) is 12.3. The Kier molecular flexibility index (Phi) is 4.88. The van der Waals surface area contributed by atoms with Gasteiger partial charge in [0.15, 0.2) is 0 Å². The normalized spacial score (nSPS) is 22.7. The number of halogens is 3. The van der Waals surface area contributed by atoms with Crippen molar-refractivity contribution in [2.75, 3.05) is 31.5 Å². The fraction of sp³-hybridized carbons (Fsp3) is 0.471. The zero-order valence-corrected chi connectivity index (χ0v) is 13.8. The van der Waals surface area contributed by atoms with Gasteiger partial charge in [-0.15, -0.1) is 0 Å². The Morgan fingerprint density at radius 3 is 2.19 bits per heavy atom. The maximum atomic E-state index is 12.5. The zero-order valence-electron chi connectivity index (χ0n) is 13.8. The molecule has 1 aliphatic heterocycles. The smallest absolute Gasteiger partial charge is 0.342 e. The average molecular weight is 369 g/mol. The monoisotopic (exact) mass is 369 g/mol. The van der Waals surface area contributed by atoms with Crippen LogP contribution in [0, 0.1) is 11.8 Å². The molecule has 0 aromatic heterocycles. The third-order valence-corrected chi connectivity index (χ3v) is 4.70. The number of amides is 3. The lowest BCUT2D eigenvalue weighted by molar-refractivity contribution is -0.137. The first-order valence-corrected chi connectivity index (χ1v) is 8.26. The molecule has 1 saturated carbocycles.